The van der Waals surface area contributed by atoms with Crippen LogP contribution in [-0.4, -0.2) is 16.7 Å². The quantitative estimate of drug-likeness (QED) is 0.300. The molecule has 6 heteroatoms. The van der Waals surface area contributed by atoms with E-state index in [2.05, 4.69) is 52.3 Å². The van der Waals surface area contributed by atoms with Crippen LogP contribution in [0.1, 0.15) is 27.0 Å². The molecule has 0 radical (unpaired) electrons. The second-order valence-electron chi connectivity index (χ2n) is 7.04. The maximum absolute atomic E-state index is 12.4. The standard InChI is InChI=1S/C24H19Cl2N3O/c1-16-5-4-6-17(11-16)14-29-15-18(20-7-2-3-8-23(20)29)13-27-28-24(30)21-10-9-19(25)12-22(21)26/h2-13,15H,14H2,1H3,(H,28,30)/b27-13-. The number of carbonyl (C=O) groups is 1. The molecule has 0 aliphatic heterocycles. The van der Waals surface area contributed by atoms with Gasteiger partial charge >= 0.3 is 0 Å². The third-order valence-corrected chi connectivity index (χ3v) is 5.35. The summed E-state index contributed by atoms with van der Waals surface area (Å²) in [5.41, 5.74) is 7.33. The fraction of sp³-hybridized carbons (Fsp3) is 0.0833. The predicted octanol–water partition coefficient (Wildman–Crippen LogP) is 6.07. The summed E-state index contributed by atoms with van der Waals surface area (Å²) in [6, 6.07) is 21.3. The lowest BCUT2D eigenvalue weighted by atomic mass is 10.1. The van der Waals surface area contributed by atoms with Crippen LogP contribution in [0.3, 0.4) is 0 Å². The number of benzene rings is 3. The average molecular weight is 436 g/mol. The molecule has 1 N–H and O–H groups in total. The van der Waals surface area contributed by atoms with E-state index in [9.17, 15) is 4.79 Å². The van der Waals surface area contributed by atoms with Crippen LogP contribution in [-0.2, 0) is 6.54 Å². The van der Waals surface area contributed by atoms with Crippen molar-refractivity contribution >= 4 is 46.2 Å². The van der Waals surface area contributed by atoms with Crippen molar-refractivity contribution in [3.05, 3.63) is 105 Å². The number of aromatic nitrogens is 1. The molecule has 4 aromatic rings. The summed E-state index contributed by atoms with van der Waals surface area (Å²) in [6.07, 6.45) is 3.69. The van der Waals surface area contributed by atoms with Gasteiger partial charge in [0.25, 0.3) is 5.91 Å². The third kappa shape index (κ3) is 4.40. The Morgan fingerprint density at radius 1 is 1.07 bits per heavy atom. The smallest absolute Gasteiger partial charge is 0.272 e. The molecule has 0 bridgehead atoms. The van der Waals surface area contributed by atoms with Gasteiger partial charge in [-0.3, -0.25) is 4.79 Å². The van der Waals surface area contributed by atoms with E-state index in [1.807, 2.05) is 24.4 Å². The first kappa shape index (κ1) is 20.2. The van der Waals surface area contributed by atoms with Crippen molar-refractivity contribution in [1.82, 2.24) is 9.99 Å². The van der Waals surface area contributed by atoms with Crippen LogP contribution in [0.4, 0.5) is 0 Å². The Morgan fingerprint density at radius 2 is 1.90 bits per heavy atom. The highest BCUT2D eigenvalue weighted by Crippen LogP contribution is 2.22. The van der Waals surface area contributed by atoms with E-state index >= 15 is 0 Å². The molecule has 4 rings (SSSR count). The minimum absolute atomic E-state index is 0.282. The summed E-state index contributed by atoms with van der Waals surface area (Å²) in [5, 5.41) is 5.96. The zero-order valence-electron chi connectivity index (χ0n) is 16.3. The van der Waals surface area contributed by atoms with Gasteiger partial charge in [-0.25, -0.2) is 5.43 Å². The highest BCUT2D eigenvalue weighted by molar-refractivity contribution is 6.36. The molecule has 0 saturated carbocycles. The predicted molar refractivity (Wildman–Crippen MR) is 124 cm³/mol. The first-order valence-electron chi connectivity index (χ1n) is 9.43. The zero-order chi connectivity index (χ0) is 21.1. The number of nitrogens with one attached hydrogen (secondary N) is 1. The Hall–Kier alpha value is -3.08. The minimum Gasteiger partial charge on any atom is -0.342 e. The van der Waals surface area contributed by atoms with Gasteiger partial charge in [0.15, 0.2) is 0 Å². The number of rotatable bonds is 5. The second-order valence-corrected chi connectivity index (χ2v) is 7.89. The summed E-state index contributed by atoms with van der Waals surface area (Å²) in [4.78, 5) is 12.4. The maximum atomic E-state index is 12.4. The molecule has 0 unspecified atom stereocenters. The monoisotopic (exact) mass is 435 g/mol. The molecule has 30 heavy (non-hydrogen) atoms. The third-order valence-electron chi connectivity index (χ3n) is 4.80. The summed E-state index contributed by atoms with van der Waals surface area (Å²) in [5.74, 6) is -0.392. The fourth-order valence-electron chi connectivity index (χ4n) is 3.41. The van der Waals surface area contributed by atoms with E-state index in [-0.39, 0.29) is 5.02 Å². The highest BCUT2D eigenvalue weighted by atomic mass is 35.5. The zero-order valence-corrected chi connectivity index (χ0v) is 17.8. The van der Waals surface area contributed by atoms with Crippen LogP contribution in [0.5, 0.6) is 0 Å². The van der Waals surface area contributed by atoms with Gasteiger partial charge in [0.2, 0.25) is 0 Å². The summed E-state index contributed by atoms with van der Waals surface area (Å²) < 4.78 is 2.18. The van der Waals surface area contributed by atoms with E-state index in [0.29, 0.717) is 10.6 Å². The molecule has 4 nitrogen and oxygen atoms in total. The molecular formula is C24H19Cl2N3O. The lowest BCUT2D eigenvalue weighted by Gasteiger charge is -2.06. The van der Waals surface area contributed by atoms with Crippen LogP contribution in [0, 0.1) is 6.92 Å². The largest absolute Gasteiger partial charge is 0.342 e. The van der Waals surface area contributed by atoms with E-state index in [1.54, 1.807) is 18.3 Å². The molecule has 0 aliphatic rings. The number of fused-ring (bicyclic) bond motifs is 1. The number of nitrogens with zero attached hydrogens (tertiary/aromatic N) is 2. The Bertz CT molecular complexity index is 1260. The number of aryl methyl sites for hydroxylation is 1. The maximum Gasteiger partial charge on any atom is 0.272 e. The normalized spacial score (nSPS) is 11.3. The fourth-order valence-corrected chi connectivity index (χ4v) is 3.90. The number of hydrogen-bond acceptors (Lipinski definition) is 2. The Balaban J connectivity index is 1.57. The number of hydrazone groups is 1. The van der Waals surface area contributed by atoms with E-state index in [4.69, 9.17) is 23.2 Å². The molecule has 1 amide bonds. The lowest BCUT2D eigenvalue weighted by molar-refractivity contribution is 0.0955. The van der Waals surface area contributed by atoms with Crippen molar-refractivity contribution in [3.63, 3.8) is 0 Å². The highest BCUT2D eigenvalue weighted by Gasteiger charge is 2.11. The molecule has 3 aromatic carbocycles. The van der Waals surface area contributed by atoms with Crippen molar-refractivity contribution in [2.75, 3.05) is 0 Å². The van der Waals surface area contributed by atoms with Crippen molar-refractivity contribution in [2.45, 2.75) is 13.5 Å². The number of amides is 1. The summed E-state index contributed by atoms with van der Waals surface area (Å²) >= 11 is 12.0. The van der Waals surface area contributed by atoms with E-state index in [0.717, 1.165) is 23.0 Å². The molecule has 0 fully saturated rings. The van der Waals surface area contributed by atoms with Crippen LogP contribution in [0.25, 0.3) is 10.9 Å². The van der Waals surface area contributed by atoms with Crippen molar-refractivity contribution < 1.29 is 4.79 Å². The second kappa shape index (κ2) is 8.74. The van der Waals surface area contributed by atoms with Gasteiger partial charge in [0, 0.05) is 34.2 Å². The molecular weight excluding hydrogens is 417 g/mol. The Morgan fingerprint density at radius 3 is 2.70 bits per heavy atom. The molecule has 0 saturated heterocycles. The van der Waals surface area contributed by atoms with E-state index in [1.165, 1.54) is 17.2 Å². The lowest BCUT2D eigenvalue weighted by Crippen LogP contribution is -2.18. The van der Waals surface area contributed by atoms with Crippen molar-refractivity contribution in [2.24, 2.45) is 5.10 Å². The molecule has 0 spiro atoms. The summed E-state index contributed by atoms with van der Waals surface area (Å²) in [6.45, 7) is 2.84. The minimum atomic E-state index is -0.392. The molecule has 0 aliphatic carbocycles. The van der Waals surface area contributed by atoms with Crippen LogP contribution >= 0.6 is 23.2 Å². The number of halogens is 2. The Labute approximate surface area is 184 Å². The van der Waals surface area contributed by atoms with Crippen molar-refractivity contribution in [3.8, 4) is 0 Å². The topological polar surface area (TPSA) is 46.4 Å². The molecule has 0 atom stereocenters. The number of para-hydroxylation sites is 1. The van der Waals surface area contributed by atoms with Gasteiger partial charge in [0.05, 0.1) is 16.8 Å². The van der Waals surface area contributed by atoms with Gasteiger partial charge in [-0.05, 0) is 36.8 Å². The van der Waals surface area contributed by atoms with Gasteiger partial charge in [-0.15, -0.1) is 0 Å². The van der Waals surface area contributed by atoms with Crippen LogP contribution in [0.15, 0.2) is 78.0 Å². The SMILES string of the molecule is Cc1cccc(Cn2cc(/C=N\NC(=O)c3ccc(Cl)cc3Cl)c3ccccc32)c1. The molecule has 1 heterocycles. The van der Waals surface area contributed by atoms with Gasteiger partial charge < -0.3 is 4.57 Å². The molecule has 1 aromatic heterocycles. The number of hydrogen-bond donors (Lipinski definition) is 1. The summed E-state index contributed by atoms with van der Waals surface area (Å²) in [7, 11) is 0. The van der Waals surface area contributed by atoms with Crippen molar-refractivity contribution in [1.29, 1.82) is 0 Å². The van der Waals surface area contributed by atoms with Gasteiger partial charge in [0.1, 0.15) is 0 Å². The first-order valence-corrected chi connectivity index (χ1v) is 10.2. The van der Waals surface area contributed by atoms with Gasteiger partial charge in [-0.2, -0.15) is 5.10 Å². The van der Waals surface area contributed by atoms with Gasteiger partial charge in [-0.1, -0.05) is 71.2 Å². The van der Waals surface area contributed by atoms with Crippen LogP contribution in [0.2, 0.25) is 10.0 Å². The number of carbonyl (C=O) groups excluding carboxylic acids is 1. The van der Waals surface area contributed by atoms with E-state index < -0.39 is 5.91 Å². The molecule has 150 valence electrons. The average Bonchev–Trinajstić information content (AvgIpc) is 3.05. The van der Waals surface area contributed by atoms with Crippen LogP contribution < -0.4 is 5.43 Å². The first-order chi connectivity index (χ1) is 14.5. The Kier molecular flexibility index (Phi) is 5.88.